The van der Waals surface area contributed by atoms with Crippen molar-refractivity contribution in [2.24, 2.45) is 5.41 Å². The monoisotopic (exact) mass is 354 g/mol. The summed E-state index contributed by atoms with van der Waals surface area (Å²) in [6.07, 6.45) is 7.60. The molecule has 1 saturated carbocycles. The molecule has 1 spiro atoms. The van der Waals surface area contributed by atoms with E-state index in [1.165, 1.54) is 49.8 Å². The minimum absolute atomic E-state index is 0.421. The highest BCUT2D eigenvalue weighted by Crippen LogP contribution is 2.45. The van der Waals surface area contributed by atoms with E-state index in [4.69, 9.17) is 11.6 Å². The van der Waals surface area contributed by atoms with Gasteiger partial charge in [0.05, 0.1) is 0 Å². The van der Waals surface area contributed by atoms with Crippen LogP contribution in [0.25, 0.3) is 0 Å². The highest BCUT2D eigenvalue weighted by atomic mass is 35.5. The molecule has 0 saturated heterocycles. The Kier molecular flexibility index (Phi) is 4.64. The molecule has 1 aliphatic carbocycles. The van der Waals surface area contributed by atoms with Crippen molar-refractivity contribution < 1.29 is 0 Å². The molecular formula is C22H27ClN2. The van der Waals surface area contributed by atoms with E-state index in [-0.39, 0.29) is 0 Å². The lowest BCUT2D eigenvalue weighted by molar-refractivity contribution is 0.168. The highest BCUT2D eigenvalue weighted by Gasteiger charge is 2.37. The van der Waals surface area contributed by atoms with E-state index < -0.39 is 0 Å². The van der Waals surface area contributed by atoms with Crippen molar-refractivity contribution in [3.05, 3.63) is 58.6 Å². The first-order chi connectivity index (χ1) is 12.1. The molecule has 1 heterocycles. The summed E-state index contributed by atoms with van der Waals surface area (Å²) in [5.41, 5.74) is 5.53. The topological polar surface area (TPSA) is 24.1 Å². The van der Waals surface area contributed by atoms with Gasteiger partial charge in [-0.1, -0.05) is 42.3 Å². The Bertz CT molecular complexity index is 757. The van der Waals surface area contributed by atoms with E-state index in [9.17, 15) is 0 Å². The normalized spacial score (nSPS) is 25.8. The average Bonchev–Trinajstić information content (AvgIpc) is 2.77. The summed E-state index contributed by atoms with van der Waals surface area (Å²) < 4.78 is 0. The molecule has 0 aromatic heterocycles. The maximum atomic E-state index is 6.30. The molecule has 0 amide bonds. The zero-order valence-corrected chi connectivity index (χ0v) is 15.7. The third-order valence-electron chi connectivity index (χ3n) is 6.04. The number of anilines is 2. The van der Waals surface area contributed by atoms with Gasteiger partial charge < -0.3 is 10.6 Å². The third-order valence-corrected chi connectivity index (χ3v) is 6.44. The van der Waals surface area contributed by atoms with Crippen LogP contribution in [0.4, 0.5) is 11.4 Å². The lowest BCUT2D eigenvalue weighted by Crippen LogP contribution is -2.37. The second-order valence-corrected chi connectivity index (χ2v) is 8.32. The van der Waals surface area contributed by atoms with Gasteiger partial charge in [0.2, 0.25) is 0 Å². The van der Waals surface area contributed by atoms with Crippen molar-refractivity contribution in [3.8, 4) is 0 Å². The number of hydrogen-bond acceptors (Lipinski definition) is 2. The summed E-state index contributed by atoms with van der Waals surface area (Å²) in [5.74, 6) is 0. The second-order valence-electron chi connectivity index (χ2n) is 7.91. The number of fused-ring (bicyclic) bond motifs is 1. The van der Waals surface area contributed by atoms with E-state index in [2.05, 4.69) is 60.0 Å². The van der Waals surface area contributed by atoms with Crippen LogP contribution in [-0.4, -0.2) is 12.6 Å². The van der Waals surface area contributed by atoms with Crippen LogP contribution in [0.2, 0.25) is 5.02 Å². The highest BCUT2D eigenvalue weighted by molar-refractivity contribution is 6.31. The minimum Gasteiger partial charge on any atom is -0.385 e. The van der Waals surface area contributed by atoms with Gasteiger partial charge in [0.15, 0.2) is 0 Å². The SMILES string of the molecule is Cc1ccc(N[C@H]2CCCC3(CCNc4ccccc4C3)C2)cc1Cl. The molecule has 132 valence electrons. The summed E-state index contributed by atoms with van der Waals surface area (Å²) in [5, 5.41) is 8.25. The van der Waals surface area contributed by atoms with Gasteiger partial charge >= 0.3 is 0 Å². The van der Waals surface area contributed by atoms with Gasteiger partial charge in [-0.15, -0.1) is 0 Å². The van der Waals surface area contributed by atoms with Gasteiger partial charge in [0, 0.05) is 29.0 Å². The van der Waals surface area contributed by atoms with Crippen molar-refractivity contribution in [1.82, 2.24) is 0 Å². The van der Waals surface area contributed by atoms with E-state index in [0.29, 0.717) is 11.5 Å². The summed E-state index contributed by atoms with van der Waals surface area (Å²) in [7, 11) is 0. The maximum Gasteiger partial charge on any atom is 0.0455 e. The van der Waals surface area contributed by atoms with Crippen LogP contribution in [-0.2, 0) is 6.42 Å². The van der Waals surface area contributed by atoms with E-state index in [0.717, 1.165) is 22.8 Å². The fourth-order valence-corrected chi connectivity index (χ4v) is 4.86. The van der Waals surface area contributed by atoms with Crippen molar-refractivity contribution in [2.45, 2.75) is 51.5 Å². The van der Waals surface area contributed by atoms with Gasteiger partial charge in [0.25, 0.3) is 0 Å². The molecule has 1 fully saturated rings. The van der Waals surface area contributed by atoms with Gasteiger partial charge in [-0.2, -0.15) is 0 Å². The van der Waals surface area contributed by atoms with E-state index in [1.807, 2.05) is 0 Å². The number of para-hydroxylation sites is 1. The number of halogens is 1. The molecule has 2 aromatic rings. The third kappa shape index (κ3) is 3.64. The summed E-state index contributed by atoms with van der Waals surface area (Å²) in [6, 6.07) is 15.7. The molecular weight excluding hydrogens is 328 g/mol. The predicted octanol–water partition coefficient (Wildman–Crippen LogP) is 6.05. The zero-order chi connectivity index (χ0) is 17.3. The zero-order valence-electron chi connectivity index (χ0n) is 14.9. The number of rotatable bonds is 2. The average molecular weight is 355 g/mol. The van der Waals surface area contributed by atoms with Crippen LogP contribution < -0.4 is 10.6 Å². The molecule has 1 unspecified atom stereocenters. The second kappa shape index (κ2) is 6.92. The first kappa shape index (κ1) is 16.8. The molecule has 2 aliphatic rings. The number of hydrogen-bond donors (Lipinski definition) is 2. The molecule has 0 radical (unpaired) electrons. The Morgan fingerprint density at radius 3 is 2.92 bits per heavy atom. The Balaban J connectivity index is 1.51. The van der Waals surface area contributed by atoms with E-state index in [1.54, 1.807) is 0 Å². The molecule has 3 heteroatoms. The van der Waals surface area contributed by atoms with Gasteiger partial charge in [-0.05, 0) is 73.8 Å². The lowest BCUT2D eigenvalue weighted by atomic mass is 9.67. The molecule has 2 nitrogen and oxygen atoms in total. The predicted molar refractivity (Wildman–Crippen MR) is 108 cm³/mol. The minimum atomic E-state index is 0.421. The van der Waals surface area contributed by atoms with Crippen LogP contribution >= 0.6 is 11.6 Å². The quantitative estimate of drug-likeness (QED) is 0.686. The number of benzene rings is 2. The summed E-state index contributed by atoms with van der Waals surface area (Å²) >= 11 is 6.30. The van der Waals surface area contributed by atoms with Crippen LogP contribution in [0, 0.1) is 12.3 Å². The molecule has 2 aromatic carbocycles. The Morgan fingerprint density at radius 1 is 1.16 bits per heavy atom. The standard InChI is InChI=1S/C22H27ClN2/c1-16-8-9-18(13-20(16)23)25-19-6-4-10-22(15-19)11-12-24-21-7-3-2-5-17(21)14-22/h2-3,5,7-9,13,19,24-25H,4,6,10-12,14-15H2,1H3/t19-,22?/m0/s1. The molecule has 0 bridgehead atoms. The molecule has 25 heavy (non-hydrogen) atoms. The van der Waals surface area contributed by atoms with Crippen LogP contribution in [0.1, 0.15) is 43.2 Å². The first-order valence-corrected chi connectivity index (χ1v) is 9.86. The maximum absolute atomic E-state index is 6.30. The Labute approximate surface area is 156 Å². The molecule has 2 atom stereocenters. The van der Waals surface area contributed by atoms with Crippen molar-refractivity contribution in [2.75, 3.05) is 17.2 Å². The van der Waals surface area contributed by atoms with Crippen LogP contribution in [0.3, 0.4) is 0 Å². The summed E-state index contributed by atoms with van der Waals surface area (Å²) in [4.78, 5) is 0. The molecule has 1 aliphatic heterocycles. The largest absolute Gasteiger partial charge is 0.385 e. The Morgan fingerprint density at radius 2 is 2.04 bits per heavy atom. The van der Waals surface area contributed by atoms with Gasteiger partial charge in [0.1, 0.15) is 0 Å². The van der Waals surface area contributed by atoms with E-state index >= 15 is 0 Å². The van der Waals surface area contributed by atoms with Gasteiger partial charge in [-0.25, -0.2) is 0 Å². The van der Waals surface area contributed by atoms with Crippen LogP contribution in [0.15, 0.2) is 42.5 Å². The summed E-state index contributed by atoms with van der Waals surface area (Å²) in [6.45, 7) is 3.14. The molecule has 4 rings (SSSR count). The fraction of sp³-hybridized carbons (Fsp3) is 0.455. The first-order valence-electron chi connectivity index (χ1n) is 9.48. The van der Waals surface area contributed by atoms with Crippen molar-refractivity contribution in [3.63, 3.8) is 0 Å². The van der Waals surface area contributed by atoms with Crippen LogP contribution in [0.5, 0.6) is 0 Å². The van der Waals surface area contributed by atoms with Crippen molar-refractivity contribution >= 4 is 23.0 Å². The lowest BCUT2D eigenvalue weighted by Gasteiger charge is -2.41. The number of aryl methyl sites for hydroxylation is 1. The smallest absolute Gasteiger partial charge is 0.0455 e. The number of nitrogens with one attached hydrogen (secondary N) is 2. The fourth-order valence-electron chi connectivity index (χ4n) is 4.68. The van der Waals surface area contributed by atoms with Gasteiger partial charge in [-0.3, -0.25) is 0 Å². The Hall–Kier alpha value is -1.67. The van der Waals surface area contributed by atoms with Crippen molar-refractivity contribution in [1.29, 1.82) is 0 Å². The molecule has 2 N–H and O–H groups in total.